The van der Waals surface area contributed by atoms with Crippen molar-refractivity contribution >= 4 is 22.7 Å². The number of anilines is 2. The average molecular weight is 388 g/mol. The fraction of sp³-hybridized carbons (Fsp3) is 0.227. The zero-order valence-corrected chi connectivity index (χ0v) is 16.0. The molecular weight excluding hydrogens is 367 g/mol. The molecule has 1 fully saturated rings. The van der Waals surface area contributed by atoms with Gasteiger partial charge in [0.15, 0.2) is 0 Å². The zero-order valence-electron chi connectivity index (χ0n) is 16.0. The third kappa shape index (κ3) is 3.40. The van der Waals surface area contributed by atoms with E-state index in [0.29, 0.717) is 17.7 Å². The molecule has 0 radical (unpaired) electrons. The van der Waals surface area contributed by atoms with Gasteiger partial charge in [0.2, 0.25) is 5.95 Å². The van der Waals surface area contributed by atoms with Crippen molar-refractivity contribution in [3.05, 3.63) is 65.6 Å². The molecule has 0 amide bonds. The second kappa shape index (κ2) is 6.84. The molecule has 2 aromatic carbocycles. The Bertz CT molecular complexity index is 1180. The van der Waals surface area contributed by atoms with Crippen molar-refractivity contribution in [2.75, 3.05) is 11.1 Å². The SMILES string of the molecule is C[C@H](Nc1nc(N)c2c(-c3cc(C4CC4)[nH]n3)cccc2n1)c1ccc(F)cc1. The Balaban J connectivity index is 1.48. The van der Waals surface area contributed by atoms with Crippen LogP contribution in [0.4, 0.5) is 16.2 Å². The zero-order chi connectivity index (χ0) is 20.0. The van der Waals surface area contributed by atoms with Crippen LogP contribution >= 0.6 is 0 Å². The number of nitrogens with two attached hydrogens (primary N) is 1. The Morgan fingerprint density at radius 3 is 2.69 bits per heavy atom. The topological polar surface area (TPSA) is 92.5 Å². The van der Waals surface area contributed by atoms with Gasteiger partial charge in [-0.1, -0.05) is 24.3 Å². The van der Waals surface area contributed by atoms with E-state index in [-0.39, 0.29) is 11.9 Å². The van der Waals surface area contributed by atoms with Crippen LogP contribution in [0.5, 0.6) is 0 Å². The number of aromatic nitrogens is 4. The smallest absolute Gasteiger partial charge is 0.225 e. The number of nitrogens with one attached hydrogen (secondary N) is 2. The van der Waals surface area contributed by atoms with Crippen molar-refractivity contribution in [2.24, 2.45) is 0 Å². The lowest BCUT2D eigenvalue weighted by atomic mass is 10.1. The molecule has 2 aromatic heterocycles. The maximum Gasteiger partial charge on any atom is 0.225 e. The van der Waals surface area contributed by atoms with Gasteiger partial charge in [0, 0.05) is 17.2 Å². The maximum atomic E-state index is 13.2. The molecule has 146 valence electrons. The van der Waals surface area contributed by atoms with Crippen molar-refractivity contribution < 1.29 is 4.39 Å². The number of nitrogens with zero attached hydrogens (tertiary/aromatic N) is 3. The molecular formula is C22H21FN6. The van der Waals surface area contributed by atoms with Crippen molar-refractivity contribution in [3.63, 3.8) is 0 Å². The van der Waals surface area contributed by atoms with E-state index in [4.69, 9.17) is 5.73 Å². The molecule has 4 N–H and O–H groups in total. The molecule has 0 saturated heterocycles. The van der Waals surface area contributed by atoms with E-state index >= 15 is 0 Å². The lowest BCUT2D eigenvalue weighted by Gasteiger charge is -2.15. The van der Waals surface area contributed by atoms with Gasteiger partial charge >= 0.3 is 0 Å². The normalized spacial score (nSPS) is 14.8. The first kappa shape index (κ1) is 17.6. The van der Waals surface area contributed by atoms with Crippen LogP contribution in [-0.2, 0) is 0 Å². The Hall–Kier alpha value is -3.48. The van der Waals surface area contributed by atoms with Crippen molar-refractivity contribution in [1.29, 1.82) is 0 Å². The summed E-state index contributed by atoms with van der Waals surface area (Å²) in [6, 6.07) is 14.2. The van der Waals surface area contributed by atoms with Gasteiger partial charge in [-0.25, -0.2) is 9.37 Å². The highest BCUT2D eigenvalue weighted by Gasteiger charge is 2.26. The molecule has 0 spiro atoms. The van der Waals surface area contributed by atoms with Crippen LogP contribution in [-0.4, -0.2) is 20.2 Å². The first-order valence-electron chi connectivity index (χ1n) is 9.72. The molecule has 5 rings (SSSR count). The van der Waals surface area contributed by atoms with Crippen LogP contribution in [0.1, 0.15) is 43.0 Å². The second-order valence-corrected chi connectivity index (χ2v) is 7.53. The first-order chi connectivity index (χ1) is 14.1. The molecule has 0 aliphatic heterocycles. The summed E-state index contributed by atoms with van der Waals surface area (Å²) < 4.78 is 13.2. The molecule has 0 bridgehead atoms. The summed E-state index contributed by atoms with van der Waals surface area (Å²) in [5, 5.41) is 11.7. The van der Waals surface area contributed by atoms with Crippen LogP contribution < -0.4 is 11.1 Å². The highest BCUT2D eigenvalue weighted by molar-refractivity contribution is 6.01. The van der Waals surface area contributed by atoms with Gasteiger partial charge in [0.05, 0.1) is 22.6 Å². The fourth-order valence-electron chi connectivity index (χ4n) is 3.60. The third-order valence-electron chi connectivity index (χ3n) is 5.36. The predicted molar refractivity (Wildman–Crippen MR) is 112 cm³/mol. The van der Waals surface area contributed by atoms with Gasteiger partial charge in [-0.3, -0.25) is 5.10 Å². The van der Waals surface area contributed by atoms with Gasteiger partial charge in [0.25, 0.3) is 0 Å². The van der Waals surface area contributed by atoms with Gasteiger partial charge in [-0.2, -0.15) is 10.1 Å². The van der Waals surface area contributed by atoms with Gasteiger partial charge in [-0.15, -0.1) is 0 Å². The Morgan fingerprint density at radius 1 is 1.14 bits per heavy atom. The van der Waals surface area contributed by atoms with Crippen LogP contribution in [0, 0.1) is 5.82 Å². The second-order valence-electron chi connectivity index (χ2n) is 7.53. The third-order valence-corrected chi connectivity index (χ3v) is 5.36. The van der Waals surface area contributed by atoms with E-state index in [1.807, 2.05) is 25.1 Å². The predicted octanol–water partition coefficient (Wildman–Crippen LogP) is 4.79. The number of fused-ring (bicyclic) bond motifs is 1. The quantitative estimate of drug-likeness (QED) is 0.457. The first-order valence-corrected chi connectivity index (χ1v) is 9.72. The highest BCUT2D eigenvalue weighted by Crippen LogP contribution is 2.40. The number of hydrogen-bond acceptors (Lipinski definition) is 5. The van der Waals surface area contributed by atoms with Crippen LogP contribution in [0.3, 0.4) is 0 Å². The van der Waals surface area contributed by atoms with E-state index in [0.717, 1.165) is 27.7 Å². The largest absolute Gasteiger partial charge is 0.383 e. The summed E-state index contributed by atoms with van der Waals surface area (Å²) in [5.41, 5.74) is 11.0. The van der Waals surface area contributed by atoms with Gasteiger partial charge in [-0.05, 0) is 49.6 Å². The lowest BCUT2D eigenvalue weighted by Crippen LogP contribution is -2.11. The number of rotatable bonds is 5. The van der Waals surface area contributed by atoms with E-state index in [9.17, 15) is 4.39 Å². The number of aromatic amines is 1. The van der Waals surface area contributed by atoms with Gasteiger partial charge < -0.3 is 11.1 Å². The number of hydrogen-bond donors (Lipinski definition) is 3. The maximum absolute atomic E-state index is 13.2. The Kier molecular flexibility index (Phi) is 4.16. The molecule has 0 unspecified atom stereocenters. The Labute approximate surface area is 167 Å². The van der Waals surface area contributed by atoms with Crippen LogP contribution in [0.25, 0.3) is 22.2 Å². The van der Waals surface area contributed by atoms with E-state index in [1.165, 1.54) is 30.7 Å². The van der Waals surface area contributed by atoms with Crippen molar-refractivity contribution in [3.8, 4) is 11.3 Å². The average Bonchev–Trinajstić information content (AvgIpc) is 3.45. The summed E-state index contributed by atoms with van der Waals surface area (Å²) in [5.74, 6) is 1.17. The minimum Gasteiger partial charge on any atom is -0.383 e. The number of halogens is 1. The summed E-state index contributed by atoms with van der Waals surface area (Å²) in [4.78, 5) is 9.11. The monoisotopic (exact) mass is 388 g/mol. The Morgan fingerprint density at radius 2 is 1.93 bits per heavy atom. The van der Waals surface area contributed by atoms with Crippen molar-refractivity contribution in [2.45, 2.75) is 31.7 Å². The molecule has 1 saturated carbocycles. The van der Waals surface area contributed by atoms with E-state index in [2.05, 4.69) is 31.5 Å². The number of H-pyrrole nitrogens is 1. The molecule has 1 aliphatic carbocycles. The standard InChI is InChI=1S/C22H21FN6/c1-12(13-7-9-15(23)10-8-13)25-22-26-17-4-2-3-16(20(17)21(24)27-22)19-11-18(28-29-19)14-5-6-14/h2-4,7-12,14H,5-6H2,1H3,(H,28,29)(H3,24,25,26,27)/t12-/m0/s1. The molecule has 29 heavy (non-hydrogen) atoms. The summed E-state index contributed by atoms with van der Waals surface area (Å²) in [7, 11) is 0. The molecule has 2 heterocycles. The van der Waals surface area contributed by atoms with Gasteiger partial charge in [0.1, 0.15) is 11.6 Å². The minimum atomic E-state index is -0.261. The number of nitrogen functional groups attached to an aromatic ring is 1. The fourth-order valence-corrected chi connectivity index (χ4v) is 3.60. The summed E-state index contributed by atoms with van der Waals surface area (Å²) in [6.45, 7) is 1.97. The highest BCUT2D eigenvalue weighted by atomic mass is 19.1. The summed E-state index contributed by atoms with van der Waals surface area (Å²) >= 11 is 0. The molecule has 1 aliphatic rings. The van der Waals surface area contributed by atoms with E-state index in [1.54, 1.807) is 12.1 Å². The molecule has 4 aromatic rings. The van der Waals surface area contributed by atoms with Crippen LogP contribution in [0.15, 0.2) is 48.5 Å². The summed E-state index contributed by atoms with van der Waals surface area (Å²) in [6.07, 6.45) is 2.42. The van der Waals surface area contributed by atoms with Crippen LogP contribution in [0.2, 0.25) is 0 Å². The lowest BCUT2D eigenvalue weighted by molar-refractivity contribution is 0.626. The minimum absolute atomic E-state index is 0.0944. The van der Waals surface area contributed by atoms with Crippen molar-refractivity contribution in [1.82, 2.24) is 20.2 Å². The van der Waals surface area contributed by atoms with E-state index < -0.39 is 0 Å². The molecule has 7 heteroatoms. The molecule has 1 atom stereocenters. The molecule has 6 nitrogen and oxygen atoms in total. The number of benzene rings is 2.